The summed E-state index contributed by atoms with van der Waals surface area (Å²) in [6, 6.07) is 8.36. The fourth-order valence-corrected chi connectivity index (χ4v) is 5.73. The van der Waals surface area contributed by atoms with Crippen LogP contribution in [0.15, 0.2) is 56.1 Å². The molecule has 0 bridgehead atoms. The number of sulfone groups is 2. The zero-order valence-electron chi connectivity index (χ0n) is 14.9. The second-order valence-corrected chi connectivity index (χ2v) is 9.87. The van der Waals surface area contributed by atoms with Gasteiger partial charge in [0.1, 0.15) is 0 Å². The number of hydrogen-bond donors (Lipinski definition) is 2. The predicted octanol–water partition coefficient (Wildman–Crippen LogP) is 0.953. The van der Waals surface area contributed by atoms with E-state index in [1.807, 2.05) is 0 Å². The van der Waals surface area contributed by atoms with E-state index in [0.717, 1.165) is 18.4 Å². The van der Waals surface area contributed by atoms with Crippen LogP contribution in [0.1, 0.15) is 21.5 Å². The van der Waals surface area contributed by atoms with Crippen LogP contribution in [0.25, 0.3) is 0 Å². The Labute approximate surface area is 157 Å². The van der Waals surface area contributed by atoms with Crippen LogP contribution in [0.2, 0.25) is 0 Å². The molecule has 0 heterocycles. The SMILES string of the molecule is Cc1cc(S(=O)(=O)c2ccccc2C)c(S(C)(=O)=O)cc1C(=O)N=C(N)N. The molecule has 27 heavy (non-hydrogen) atoms. The summed E-state index contributed by atoms with van der Waals surface area (Å²) < 4.78 is 50.8. The van der Waals surface area contributed by atoms with Crippen molar-refractivity contribution in [3.63, 3.8) is 0 Å². The van der Waals surface area contributed by atoms with Gasteiger partial charge in [0.25, 0.3) is 5.91 Å². The Balaban J connectivity index is 2.86. The van der Waals surface area contributed by atoms with E-state index < -0.39 is 41.3 Å². The number of nitrogens with two attached hydrogens (primary N) is 2. The summed E-state index contributed by atoms with van der Waals surface area (Å²) in [7, 11) is -8.13. The maximum atomic E-state index is 13.1. The molecule has 0 aliphatic rings. The average molecular weight is 409 g/mol. The highest BCUT2D eigenvalue weighted by atomic mass is 32.2. The number of benzene rings is 2. The summed E-state index contributed by atoms with van der Waals surface area (Å²) in [5.41, 5.74) is 11.0. The van der Waals surface area contributed by atoms with E-state index in [1.165, 1.54) is 13.0 Å². The number of amides is 1. The number of nitrogens with zero attached hydrogens (tertiary/aromatic N) is 1. The van der Waals surface area contributed by atoms with Crippen LogP contribution < -0.4 is 11.5 Å². The molecule has 0 aromatic heterocycles. The molecule has 0 saturated carbocycles. The Morgan fingerprint density at radius 2 is 1.48 bits per heavy atom. The number of rotatable bonds is 4. The van der Waals surface area contributed by atoms with Gasteiger partial charge in [-0.2, -0.15) is 4.99 Å². The summed E-state index contributed by atoms with van der Waals surface area (Å²) in [5.74, 6) is -1.35. The van der Waals surface area contributed by atoms with Crippen molar-refractivity contribution in [2.45, 2.75) is 28.5 Å². The van der Waals surface area contributed by atoms with Gasteiger partial charge in [-0.1, -0.05) is 18.2 Å². The van der Waals surface area contributed by atoms with Gasteiger partial charge in [0, 0.05) is 11.8 Å². The fraction of sp³-hybridized carbons (Fsp3) is 0.176. The largest absolute Gasteiger partial charge is 0.370 e. The van der Waals surface area contributed by atoms with E-state index in [-0.39, 0.29) is 16.0 Å². The first kappa shape index (κ1) is 20.6. The Morgan fingerprint density at radius 1 is 0.889 bits per heavy atom. The third kappa shape index (κ3) is 4.17. The zero-order chi connectivity index (χ0) is 20.6. The Bertz CT molecular complexity index is 1160. The molecule has 1 amide bonds. The number of aliphatic imine (C=N–C) groups is 1. The van der Waals surface area contributed by atoms with Gasteiger partial charge < -0.3 is 11.5 Å². The van der Waals surface area contributed by atoms with E-state index >= 15 is 0 Å². The van der Waals surface area contributed by atoms with Gasteiger partial charge in [-0.3, -0.25) is 4.79 Å². The number of hydrogen-bond acceptors (Lipinski definition) is 5. The quantitative estimate of drug-likeness (QED) is 0.564. The highest BCUT2D eigenvalue weighted by Crippen LogP contribution is 2.31. The molecular weight excluding hydrogens is 390 g/mol. The van der Waals surface area contributed by atoms with E-state index in [2.05, 4.69) is 4.99 Å². The van der Waals surface area contributed by atoms with Crippen molar-refractivity contribution in [2.75, 3.05) is 6.26 Å². The molecule has 0 fully saturated rings. The first-order chi connectivity index (χ1) is 12.4. The van der Waals surface area contributed by atoms with Crippen molar-refractivity contribution in [3.8, 4) is 0 Å². The zero-order valence-corrected chi connectivity index (χ0v) is 16.6. The highest BCUT2D eigenvalue weighted by Gasteiger charge is 2.29. The minimum atomic E-state index is -4.15. The molecule has 0 spiro atoms. The lowest BCUT2D eigenvalue weighted by Crippen LogP contribution is -2.24. The Hall–Kier alpha value is -2.72. The molecule has 0 saturated heterocycles. The van der Waals surface area contributed by atoms with Gasteiger partial charge in [0.15, 0.2) is 15.8 Å². The van der Waals surface area contributed by atoms with Crippen molar-refractivity contribution >= 4 is 31.5 Å². The second kappa shape index (κ2) is 7.12. The van der Waals surface area contributed by atoms with Crippen LogP contribution in [0.5, 0.6) is 0 Å². The van der Waals surface area contributed by atoms with Gasteiger partial charge >= 0.3 is 0 Å². The van der Waals surface area contributed by atoms with Crippen LogP contribution >= 0.6 is 0 Å². The molecule has 2 aromatic carbocycles. The molecule has 2 rings (SSSR count). The number of carbonyl (C=O) groups excluding carboxylic acids is 1. The lowest BCUT2D eigenvalue weighted by molar-refractivity contribution is 0.100. The van der Waals surface area contributed by atoms with Crippen LogP contribution in [0.4, 0.5) is 0 Å². The van der Waals surface area contributed by atoms with E-state index in [0.29, 0.717) is 5.56 Å². The van der Waals surface area contributed by atoms with Crippen molar-refractivity contribution in [1.82, 2.24) is 0 Å². The van der Waals surface area contributed by atoms with Gasteiger partial charge in [-0.15, -0.1) is 0 Å². The summed E-state index contributed by atoms with van der Waals surface area (Å²) in [6.45, 7) is 3.08. The molecule has 0 atom stereocenters. The Kier molecular flexibility index (Phi) is 5.43. The smallest absolute Gasteiger partial charge is 0.280 e. The number of guanidine groups is 1. The van der Waals surface area contributed by atoms with E-state index in [9.17, 15) is 21.6 Å². The topological polar surface area (TPSA) is 150 Å². The molecule has 0 aliphatic carbocycles. The van der Waals surface area contributed by atoms with Gasteiger partial charge in [-0.05, 0) is 43.2 Å². The standard InChI is InChI=1S/C17H19N3O5S2/c1-10-6-4-5-7-13(10)27(24,25)15-8-11(2)12(16(21)20-17(18)19)9-14(15)26(3,22)23/h4-9H,1-3H3,(H4,18,19,20,21). The van der Waals surface area contributed by atoms with Crippen LogP contribution in [0.3, 0.4) is 0 Å². The summed E-state index contributed by atoms with van der Waals surface area (Å²) in [4.78, 5) is 14.6. The molecular formula is C17H19N3O5S2. The predicted molar refractivity (Wildman–Crippen MR) is 101 cm³/mol. The van der Waals surface area contributed by atoms with Crippen LogP contribution in [-0.4, -0.2) is 35.0 Å². The third-order valence-electron chi connectivity index (χ3n) is 3.82. The number of carbonyl (C=O) groups is 1. The molecule has 144 valence electrons. The summed E-state index contributed by atoms with van der Waals surface area (Å²) >= 11 is 0. The average Bonchev–Trinajstić information content (AvgIpc) is 2.52. The van der Waals surface area contributed by atoms with E-state index in [1.54, 1.807) is 25.1 Å². The minimum absolute atomic E-state index is 0.0161. The summed E-state index contributed by atoms with van der Waals surface area (Å²) in [5, 5.41) is 0. The lowest BCUT2D eigenvalue weighted by Gasteiger charge is -2.14. The van der Waals surface area contributed by atoms with Crippen LogP contribution in [-0.2, 0) is 19.7 Å². The highest BCUT2D eigenvalue weighted by molar-refractivity contribution is 7.94. The van der Waals surface area contributed by atoms with Crippen molar-refractivity contribution in [1.29, 1.82) is 0 Å². The molecule has 10 heteroatoms. The molecule has 4 N–H and O–H groups in total. The van der Waals surface area contributed by atoms with Gasteiger partial charge in [0.2, 0.25) is 9.84 Å². The molecule has 0 radical (unpaired) electrons. The minimum Gasteiger partial charge on any atom is -0.370 e. The monoisotopic (exact) mass is 409 g/mol. The maximum absolute atomic E-state index is 13.1. The Morgan fingerprint density at radius 3 is 2.00 bits per heavy atom. The molecule has 0 unspecified atom stereocenters. The third-order valence-corrected chi connectivity index (χ3v) is 7.04. The first-order valence-corrected chi connectivity index (χ1v) is 11.0. The lowest BCUT2D eigenvalue weighted by atomic mass is 10.1. The number of aryl methyl sites for hydroxylation is 2. The van der Waals surface area contributed by atoms with Crippen LogP contribution in [0, 0.1) is 13.8 Å². The van der Waals surface area contributed by atoms with Crippen molar-refractivity contribution in [2.24, 2.45) is 16.5 Å². The summed E-state index contributed by atoms with van der Waals surface area (Å²) in [6.07, 6.45) is 0.864. The molecule has 8 nitrogen and oxygen atoms in total. The maximum Gasteiger partial charge on any atom is 0.280 e. The fourth-order valence-electron chi connectivity index (χ4n) is 2.55. The first-order valence-electron chi connectivity index (χ1n) is 7.65. The second-order valence-electron chi connectivity index (χ2n) is 6.00. The normalized spacial score (nSPS) is 11.8. The van der Waals surface area contributed by atoms with Gasteiger partial charge in [0.05, 0.1) is 14.7 Å². The molecule has 2 aromatic rings. The molecule has 0 aliphatic heterocycles. The van der Waals surface area contributed by atoms with Crippen molar-refractivity contribution < 1.29 is 21.6 Å². The van der Waals surface area contributed by atoms with E-state index in [4.69, 9.17) is 11.5 Å². The van der Waals surface area contributed by atoms with Crippen molar-refractivity contribution in [3.05, 3.63) is 53.1 Å². The van der Waals surface area contributed by atoms with Gasteiger partial charge in [-0.25, -0.2) is 16.8 Å².